The van der Waals surface area contributed by atoms with E-state index in [1.54, 1.807) is 22.9 Å². The SMILES string of the molecule is O=C(Cn1c(=O)n(C2CCCCC2)c2ncccc21)NCc1ccc(F)cc1F. The lowest BCUT2D eigenvalue weighted by Crippen LogP contribution is -2.34. The summed E-state index contributed by atoms with van der Waals surface area (Å²) in [7, 11) is 0. The number of rotatable bonds is 5. The number of halogens is 2. The normalized spacial score (nSPS) is 15.0. The Bertz CT molecular complexity index is 1100. The van der Waals surface area contributed by atoms with Gasteiger partial charge >= 0.3 is 5.69 Å². The Labute approximate surface area is 166 Å². The van der Waals surface area contributed by atoms with Crippen LogP contribution in [0.1, 0.15) is 43.7 Å². The number of amides is 1. The molecule has 2 heterocycles. The van der Waals surface area contributed by atoms with E-state index in [2.05, 4.69) is 10.3 Å². The van der Waals surface area contributed by atoms with E-state index in [9.17, 15) is 18.4 Å². The van der Waals surface area contributed by atoms with Crippen LogP contribution in [0, 0.1) is 11.6 Å². The first-order valence-corrected chi connectivity index (χ1v) is 9.81. The number of hydrogen-bond acceptors (Lipinski definition) is 3. The van der Waals surface area contributed by atoms with E-state index in [1.807, 2.05) is 0 Å². The average molecular weight is 400 g/mol. The second-order valence-corrected chi connectivity index (χ2v) is 7.39. The molecule has 3 aromatic rings. The number of fused-ring (bicyclic) bond motifs is 1. The zero-order valence-electron chi connectivity index (χ0n) is 15.9. The molecule has 1 aromatic carbocycles. The molecule has 1 amide bonds. The second-order valence-electron chi connectivity index (χ2n) is 7.39. The summed E-state index contributed by atoms with van der Waals surface area (Å²) >= 11 is 0. The monoisotopic (exact) mass is 400 g/mol. The Kier molecular flexibility index (Phi) is 5.42. The van der Waals surface area contributed by atoms with Crippen LogP contribution in [-0.4, -0.2) is 20.0 Å². The zero-order valence-corrected chi connectivity index (χ0v) is 15.9. The van der Waals surface area contributed by atoms with Crippen LogP contribution in [0.15, 0.2) is 41.3 Å². The van der Waals surface area contributed by atoms with Crippen molar-refractivity contribution in [3.05, 3.63) is 64.2 Å². The molecule has 0 aliphatic heterocycles. The molecule has 152 valence electrons. The van der Waals surface area contributed by atoms with Crippen molar-refractivity contribution in [3.63, 3.8) is 0 Å². The summed E-state index contributed by atoms with van der Waals surface area (Å²) in [6, 6.07) is 6.79. The summed E-state index contributed by atoms with van der Waals surface area (Å²) in [6.45, 7) is -0.275. The topological polar surface area (TPSA) is 68.9 Å². The smallest absolute Gasteiger partial charge is 0.331 e. The van der Waals surface area contributed by atoms with Gasteiger partial charge in [0.15, 0.2) is 5.65 Å². The molecule has 0 spiro atoms. The van der Waals surface area contributed by atoms with Gasteiger partial charge in [-0.3, -0.25) is 13.9 Å². The van der Waals surface area contributed by atoms with E-state index >= 15 is 0 Å². The lowest BCUT2D eigenvalue weighted by Gasteiger charge is -2.22. The average Bonchev–Trinajstić information content (AvgIpc) is 2.99. The van der Waals surface area contributed by atoms with Crippen molar-refractivity contribution in [2.24, 2.45) is 0 Å². The van der Waals surface area contributed by atoms with Gasteiger partial charge in [0.25, 0.3) is 0 Å². The maximum atomic E-state index is 13.8. The van der Waals surface area contributed by atoms with E-state index in [1.165, 1.54) is 17.1 Å². The van der Waals surface area contributed by atoms with E-state index in [0.29, 0.717) is 11.2 Å². The summed E-state index contributed by atoms with van der Waals surface area (Å²) in [5, 5.41) is 2.60. The zero-order chi connectivity index (χ0) is 20.4. The highest BCUT2D eigenvalue weighted by Gasteiger charge is 2.23. The third-order valence-corrected chi connectivity index (χ3v) is 5.45. The predicted molar refractivity (Wildman–Crippen MR) is 104 cm³/mol. The van der Waals surface area contributed by atoms with Crippen LogP contribution < -0.4 is 11.0 Å². The summed E-state index contributed by atoms with van der Waals surface area (Å²) in [6.07, 6.45) is 6.79. The maximum Gasteiger partial charge on any atom is 0.331 e. The lowest BCUT2D eigenvalue weighted by atomic mass is 9.95. The highest BCUT2D eigenvalue weighted by molar-refractivity contribution is 5.79. The fourth-order valence-electron chi connectivity index (χ4n) is 3.99. The van der Waals surface area contributed by atoms with E-state index in [0.717, 1.165) is 37.8 Å². The molecule has 0 unspecified atom stereocenters. The molecule has 1 saturated carbocycles. The van der Waals surface area contributed by atoms with Crippen LogP contribution in [0.25, 0.3) is 11.2 Å². The van der Waals surface area contributed by atoms with Crippen molar-refractivity contribution in [2.75, 3.05) is 0 Å². The van der Waals surface area contributed by atoms with Crippen molar-refractivity contribution >= 4 is 17.1 Å². The first kappa shape index (κ1) is 19.3. The Morgan fingerprint density at radius 2 is 1.97 bits per heavy atom. The molecular weight excluding hydrogens is 378 g/mol. The largest absolute Gasteiger partial charge is 0.350 e. The molecule has 6 nitrogen and oxygen atoms in total. The molecule has 0 radical (unpaired) electrons. The van der Waals surface area contributed by atoms with Crippen molar-refractivity contribution in [3.8, 4) is 0 Å². The maximum absolute atomic E-state index is 13.8. The van der Waals surface area contributed by atoms with Gasteiger partial charge in [-0.2, -0.15) is 0 Å². The van der Waals surface area contributed by atoms with E-state index in [4.69, 9.17) is 0 Å². The van der Waals surface area contributed by atoms with Crippen LogP contribution >= 0.6 is 0 Å². The van der Waals surface area contributed by atoms with Crippen LogP contribution in [0.4, 0.5) is 8.78 Å². The molecule has 2 aromatic heterocycles. The molecule has 29 heavy (non-hydrogen) atoms. The van der Waals surface area contributed by atoms with Gasteiger partial charge in [0.1, 0.15) is 18.2 Å². The molecule has 0 saturated heterocycles. The number of aromatic nitrogens is 3. The number of carbonyl (C=O) groups is 1. The van der Waals surface area contributed by atoms with Crippen molar-refractivity contribution < 1.29 is 13.6 Å². The van der Waals surface area contributed by atoms with Gasteiger partial charge in [-0.05, 0) is 31.0 Å². The number of nitrogens with one attached hydrogen (secondary N) is 1. The second kappa shape index (κ2) is 8.14. The number of benzene rings is 1. The van der Waals surface area contributed by atoms with Crippen LogP contribution in [0.5, 0.6) is 0 Å². The third-order valence-electron chi connectivity index (χ3n) is 5.45. The standard InChI is InChI=1S/C21H22F2N4O2/c22-15-9-8-14(17(23)11-15)12-25-19(28)13-26-18-7-4-10-24-20(18)27(21(26)29)16-5-2-1-3-6-16/h4,7-11,16H,1-3,5-6,12-13H2,(H,25,28). The van der Waals surface area contributed by atoms with Crippen LogP contribution in [0.3, 0.4) is 0 Å². The first-order valence-electron chi connectivity index (χ1n) is 9.81. The van der Waals surface area contributed by atoms with Gasteiger partial charge in [-0.25, -0.2) is 18.6 Å². The van der Waals surface area contributed by atoms with Gasteiger partial charge in [0.2, 0.25) is 5.91 Å². The molecule has 1 aliphatic rings. The summed E-state index contributed by atoms with van der Waals surface area (Å²) in [4.78, 5) is 29.9. The fourth-order valence-corrected chi connectivity index (χ4v) is 3.99. The van der Waals surface area contributed by atoms with Gasteiger partial charge in [0, 0.05) is 30.4 Å². The number of imidazole rings is 1. The van der Waals surface area contributed by atoms with Crippen molar-refractivity contribution in [1.82, 2.24) is 19.4 Å². The Hall–Kier alpha value is -3.03. The first-order chi connectivity index (χ1) is 14.0. The minimum Gasteiger partial charge on any atom is -0.350 e. The minimum atomic E-state index is -0.722. The van der Waals surface area contributed by atoms with Crippen molar-refractivity contribution in [2.45, 2.75) is 51.2 Å². The molecule has 8 heteroatoms. The number of nitrogens with zero attached hydrogens (tertiary/aromatic N) is 3. The van der Waals surface area contributed by atoms with Gasteiger partial charge in [-0.15, -0.1) is 0 Å². The molecule has 4 rings (SSSR count). The Morgan fingerprint density at radius 1 is 1.17 bits per heavy atom. The molecule has 1 aliphatic carbocycles. The highest BCUT2D eigenvalue weighted by atomic mass is 19.1. The fraction of sp³-hybridized carbons (Fsp3) is 0.381. The quantitative estimate of drug-likeness (QED) is 0.715. The molecule has 0 atom stereocenters. The van der Waals surface area contributed by atoms with Crippen molar-refractivity contribution in [1.29, 1.82) is 0 Å². The number of hydrogen-bond donors (Lipinski definition) is 1. The molecular formula is C21H22F2N4O2. The summed E-state index contributed by atoms with van der Waals surface area (Å²) in [5.41, 5.74) is 1.11. The van der Waals surface area contributed by atoms with Crippen LogP contribution in [-0.2, 0) is 17.9 Å². The molecule has 1 N–H and O–H groups in total. The number of carbonyl (C=O) groups excluding carboxylic acids is 1. The van der Waals surface area contributed by atoms with Gasteiger partial charge in [-0.1, -0.05) is 25.3 Å². The van der Waals surface area contributed by atoms with E-state index in [-0.39, 0.29) is 30.4 Å². The Balaban J connectivity index is 1.56. The highest BCUT2D eigenvalue weighted by Crippen LogP contribution is 2.29. The molecule has 1 fully saturated rings. The minimum absolute atomic E-state index is 0.0841. The summed E-state index contributed by atoms with van der Waals surface area (Å²) in [5.74, 6) is -1.82. The number of pyridine rings is 1. The Morgan fingerprint density at radius 3 is 2.72 bits per heavy atom. The third kappa shape index (κ3) is 3.92. The molecule has 0 bridgehead atoms. The van der Waals surface area contributed by atoms with Crippen LogP contribution in [0.2, 0.25) is 0 Å². The predicted octanol–water partition coefficient (Wildman–Crippen LogP) is 3.30. The van der Waals surface area contributed by atoms with E-state index < -0.39 is 17.5 Å². The summed E-state index contributed by atoms with van der Waals surface area (Å²) < 4.78 is 29.9. The van der Waals surface area contributed by atoms with Gasteiger partial charge in [0.05, 0.1) is 5.52 Å². The lowest BCUT2D eigenvalue weighted by molar-refractivity contribution is -0.121. The van der Waals surface area contributed by atoms with Gasteiger partial charge < -0.3 is 5.32 Å².